The Kier molecular flexibility index (Phi) is 8.30. The van der Waals surface area contributed by atoms with E-state index in [0.717, 1.165) is 0 Å². The smallest absolute Gasteiger partial charge is 0.397 e. The summed E-state index contributed by atoms with van der Waals surface area (Å²) in [6, 6.07) is 0. The molecule has 0 aromatic carbocycles. The molecule has 0 aliphatic carbocycles. The average molecular weight is 500 g/mol. The fraction of sp³-hybridized carbons (Fsp3) is 0.917. The molecule has 2 saturated heterocycles. The molecule has 0 radical (unpaired) electrons. The van der Waals surface area contributed by atoms with Crippen LogP contribution in [0.5, 0.6) is 0 Å². The van der Waals surface area contributed by atoms with Crippen LogP contribution < -0.4 is 0 Å². The van der Waals surface area contributed by atoms with Crippen LogP contribution in [0.25, 0.3) is 0 Å². The Morgan fingerprint density at radius 2 is 1.29 bits per heavy atom. The van der Waals surface area contributed by atoms with Gasteiger partial charge in [0.05, 0.1) is 13.2 Å². The van der Waals surface area contributed by atoms with E-state index in [0.29, 0.717) is 0 Å². The van der Waals surface area contributed by atoms with E-state index >= 15 is 0 Å². The molecule has 19 heteroatoms. The minimum absolute atomic E-state index is 0.906. The highest BCUT2D eigenvalue weighted by molar-refractivity contribution is 7.81. The first-order valence-electron chi connectivity index (χ1n) is 8.27. The van der Waals surface area contributed by atoms with E-state index in [4.69, 9.17) is 28.4 Å². The molecule has 0 aromatic rings. The Bertz CT molecular complexity index is 841. The molecule has 2 aliphatic heterocycles. The molecule has 2 rings (SSSR count). The third kappa shape index (κ3) is 6.47. The van der Waals surface area contributed by atoms with Gasteiger partial charge in [0.25, 0.3) is 0 Å². The van der Waals surface area contributed by atoms with E-state index in [1.54, 1.807) is 0 Å². The highest BCUT2D eigenvalue weighted by Crippen LogP contribution is 2.33. The van der Waals surface area contributed by atoms with Crippen LogP contribution in [0, 0.1) is 0 Å². The maximum absolute atomic E-state index is 11.3. The number of rotatable bonds is 9. The van der Waals surface area contributed by atoms with Crippen molar-refractivity contribution in [2.45, 2.75) is 55.1 Å². The fourth-order valence-corrected chi connectivity index (χ4v) is 4.07. The number of hydrogen-bond donors (Lipinski definition) is 7. The van der Waals surface area contributed by atoms with E-state index in [9.17, 15) is 42.1 Å². The van der Waals surface area contributed by atoms with Crippen molar-refractivity contribution in [2.24, 2.45) is 0 Å². The van der Waals surface area contributed by atoms with Gasteiger partial charge < -0.3 is 39.7 Å². The first kappa shape index (κ1) is 26.2. The van der Waals surface area contributed by atoms with E-state index in [-0.39, 0.29) is 0 Å². The Balaban J connectivity index is 2.40. The van der Waals surface area contributed by atoms with Crippen molar-refractivity contribution in [2.75, 3.05) is 13.2 Å². The van der Waals surface area contributed by atoms with Crippen LogP contribution in [0.4, 0.5) is 0 Å². The number of aliphatic carboxylic acids is 1. The summed E-state index contributed by atoms with van der Waals surface area (Å²) in [4.78, 5) is 11.3. The first-order chi connectivity index (χ1) is 14.2. The predicted octanol–water partition coefficient (Wildman–Crippen LogP) is -4.97. The van der Waals surface area contributed by atoms with Gasteiger partial charge in [-0.3, -0.25) is 9.11 Å². The summed E-state index contributed by atoms with van der Waals surface area (Å²) >= 11 is 0. The maximum atomic E-state index is 11.3. The molecule has 0 unspecified atom stereocenters. The molecule has 2 fully saturated rings. The number of carboxylic acid groups (broad SMARTS) is 1. The number of carbonyl (C=O) groups is 1. The number of ether oxygens (including phenoxy) is 3. The highest BCUT2D eigenvalue weighted by Gasteiger charge is 2.55. The molecular weight excluding hydrogens is 480 g/mol. The Morgan fingerprint density at radius 3 is 1.74 bits per heavy atom. The van der Waals surface area contributed by atoms with Crippen molar-refractivity contribution in [3.05, 3.63) is 0 Å². The zero-order valence-corrected chi connectivity index (χ0v) is 16.8. The molecule has 9 atom stereocenters. The van der Waals surface area contributed by atoms with Crippen LogP contribution >= 0.6 is 0 Å². The molecular formula is C12H20O17S2. The molecule has 0 aromatic heterocycles. The lowest BCUT2D eigenvalue weighted by atomic mass is 9.98. The molecule has 182 valence electrons. The molecule has 31 heavy (non-hydrogen) atoms. The van der Waals surface area contributed by atoms with Crippen molar-refractivity contribution in [1.29, 1.82) is 0 Å². The Hall–Kier alpha value is -1.07. The summed E-state index contributed by atoms with van der Waals surface area (Å²) in [5, 5.41) is 47.8. The highest BCUT2D eigenvalue weighted by atomic mass is 32.3. The monoisotopic (exact) mass is 500 g/mol. The summed E-state index contributed by atoms with van der Waals surface area (Å²) in [5.74, 6) is -1.83. The topological polar surface area (TPSA) is 273 Å². The zero-order valence-electron chi connectivity index (χ0n) is 15.1. The number of carboxylic acids is 1. The van der Waals surface area contributed by atoms with E-state index in [1.807, 2.05) is 0 Å². The van der Waals surface area contributed by atoms with E-state index in [1.165, 1.54) is 0 Å². The summed E-state index contributed by atoms with van der Waals surface area (Å²) in [6.07, 6.45) is -18.0. The van der Waals surface area contributed by atoms with Gasteiger partial charge in [-0.2, -0.15) is 16.8 Å². The molecule has 0 spiro atoms. The van der Waals surface area contributed by atoms with Crippen LogP contribution in [0.15, 0.2) is 0 Å². The van der Waals surface area contributed by atoms with Gasteiger partial charge in [0.15, 0.2) is 18.5 Å². The second-order valence-corrected chi connectivity index (χ2v) is 8.50. The van der Waals surface area contributed by atoms with Gasteiger partial charge in [-0.25, -0.2) is 13.2 Å². The van der Waals surface area contributed by atoms with Crippen molar-refractivity contribution in [1.82, 2.24) is 0 Å². The normalized spacial score (nSPS) is 39.5. The maximum Gasteiger partial charge on any atom is 0.397 e. The van der Waals surface area contributed by atoms with Crippen molar-refractivity contribution in [3.63, 3.8) is 0 Å². The van der Waals surface area contributed by atoms with Gasteiger partial charge >= 0.3 is 26.8 Å². The van der Waals surface area contributed by atoms with Crippen LogP contribution in [0.1, 0.15) is 0 Å². The van der Waals surface area contributed by atoms with Gasteiger partial charge in [-0.1, -0.05) is 0 Å². The molecule has 17 nitrogen and oxygen atoms in total. The van der Waals surface area contributed by atoms with Crippen LogP contribution in [0.2, 0.25) is 0 Å². The fourth-order valence-electron chi connectivity index (χ4n) is 3.07. The molecule has 7 N–H and O–H groups in total. The predicted molar refractivity (Wildman–Crippen MR) is 88.9 cm³/mol. The van der Waals surface area contributed by atoms with Crippen LogP contribution in [-0.4, -0.2) is 126 Å². The van der Waals surface area contributed by atoms with Gasteiger partial charge in [0, 0.05) is 0 Å². The first-order valence-corrected chi connectivity index (χ1v) is 11.0. The largest absolute Gasteiger partial charge is 0.479 e. The summed E-state index contributed by atoms with van der Waals surface area (Å²) < 4.78 is 86.1. The van der Waals surface area contributed by atoms with Gasteiger partial charge in [-0.05, 0) is 0 Å². The molecule has 0 amide bonds. The quantitative estimate of drug-likeness (QED) is 0.146. The molecule has 2 heterocycles. The van der Waals surface area contributed by atoms with Crippen LogP contribution in [-0.2, 0) is 48.2 Å². The SMILES string of the molecule is O=C(O)[C@@H]1O[C@@H](O[C@H]2[C@H](OS(=O)(=O)O)[C@@H](CO)O[C@@H]2CO)[C@H](OS(=O)(=O)O)[C@@H](O)[C@@H]1O. The lowest BCUT2D eigenvalue weighted by Crippen LogP contribution is -2.62. The van der Waals surface area contributed by atoms with Gasteiger partial charge in [0.2, 0.25) is 0 Å². The lowest BCUT2D eigenvalue weighted by molar-refractivity contribution is -0.305. The summed E-state index contributed by atoms with van der Waals surface area (Å²) in [6.45, 7) is -1.82. The Morgan fingerprint density at radius 1 is 0.806 bits per heavy atom. The number of hydrogen-bond acceptors (Lipinski definition) is 14. The number of aliphatic hydroxyl groups is 4. The summed E-state index contributed by atoms with van der Waals surface area (Å²) in [7, 11) is -10.5. The lowest BCUT2D eigenvalue weighted by Gasteiger charge is -2.41. The van der Waals surface area contributed by atoms with Crippen molar-refractivity contribution in [3.8, 4) is 0 Å². The van der Waals surface area contributed by atoms with Crippen molar-refractivity contribution >= 4 is 26.8 Å². The molecule has 2 aliphatic rings. The third-order valence-corrected chi connectivity index (χ3v) is 5.24. The van der Waals surface area contributed by atoms with Crippen LogP contribution in [0.3, 0.4) is 0 Å². The van der Waals surface area contributed by atoms with E-state index in [2.05, 4.69) is 8.37 Å². The van der Waals surface area contributed by atoms with Gasteiger partial charge in [0.1, 0.15) is 36.6 Å². The minimum Gasteiger partial charge on any atom is -0.479 e. The van der Waals surface area contributed by atoms with Gasteiger partial charge in [-0.15, -0.1) is 0 Å². The molecule has 0 bridgehead atoms. The van der Waals surface area contributed by atoms with Crippen molar-refractivity contribution < 1.29 is 78.8 Å². The standard InChI is InChI=1S/C12H20O17S2/c13-1-3-7(8(4(2-14)25-3)28-30(19,20)21)26-12-10(29-31(22,23)24)6(16)5(15)9(27-12)11(17)18/h3-10,12-16H,1-2H2,(H,17,18)(H,19,20,21)(H,22,23,24)/t3-,4-,5+,6+,7-,8-,9-,10-,12-/m1/s1. The average Bonchev–Trinajstić information content (AvgIpc) is 2.94. The second-order valence-electron chi connectivity index (χ2n) is 6.40. The zero-order chi connectivity index (χ0) is 23.7. The minimum atomic E-state index is -5.33. The summed E-state index contributed by atoms with van der Waals surface area (Å²) in [5.41, 5.74) is 0. The van der Waals surface area contributed by atoms with E-state index < -0.39 is 95.1 Å². The second kappa shape index (κ2) is 9.82. The Labute approximate surface area is 174 Å². The third-order valence-electron chi connectivity index (χ3n) is 4.31. The number of aliphatic hydroxyl groups excluding tert-OH is 4. The molecule has 0 saturated carbocycles.